The number of nitrogens with zero attached hydrogens (tertiary/aromatic N) is 2. The third kappa shape index (κ3) is 12.7. The first-order valence-corrected chi connectivity index (χ1v) is 8.78. The number of amides is 1. The number of aliphatic imine (C=N–C) groups is 1. The van der Waals surface area contributed by atoms with Gasteiger partial charge in [0.25, 0.3) is 0 Å². The molecule has 1 aromatic rings. The number of carbonyl (C=O) groups is 1. The van der Waals surface area contributed by atoms with Crippen LogP contribution in [0.2, 0.25) is 0 Å². The van der Waals surface area contributed by atoms with Gasteiger partial charge in [-0.25, -0.2) is 4.79 Å². The highest BCUT2D eigenvalue weighted by atomic mass is 127. The number of hydrogen-bond donors (Lipinski definition) is 3. The lowest BCUT2D eigenvalue weighted by molar-refractivity contribution is 0.0527. The van der Waals surface area contributed by atoms with Gasteiger partial charge in [0.2, 0.25) is 0 Å². The Bertz CT molecular complexity index is 532. The number of halogens is 1. The van der Waals surface area contributed by atoms with Crippen LogP contribution < -0.4 is 16.0 Å². The molecule has 0 bridgehead atoms. The molecule has 0 aromatic carbocycles. The van der Waals surface area contributed by atoms with E-state index in [-0.39, 0.29) is 24.0 Å². The number of alkyl carbamates (subject to hydrolysis) is 1. The van der Waals surface area contributed by atoms with Gasteiger partial charge in [0.1, 0.15) is 5.60 Å². The minimum Gasteiger partial charge on any atom is -0.444 e. The molecule has 0 unspecified atom stereocenters. The quantitative estimate of drug-likeness (QED) is 0.232. The third-order valence-corrected chi connectivity index (χ3v) is 3.05. The average Bonchev–Trinajstić information content (AvgIpc) is 2.54. The van der Waals surface area contributed by atoms with Gasteiger partial charge in [-0.15, -0.1) is 24.0 Å². The SMILES string of the molecule is CCNC(=NCCCNC(=O)OC(C)(C)C)NCCc1cccnc1.I. The predicted molar refractivity (Wildman–Crippen MR) is 116 cm³/mol. The van der Waals surface area contributed by atoms with Crippen molar-refractivity contribution in [1.82, 2.24) is 20.9 Å². The third-order valence-electron chi connectivity index (χ3n) is 3.05. The Balaban J connectivity index is 0.00000625. The van der Waals surface area contributed by atoms with Crippen LogP contribution in [0.15, 0.2) is 29.5 Å². The first-order valence-electron chi connectivity index (χ1n) is 8.78. The van der Waals surface area contributed by atoms with Gasteiger partial charge in [0, 0.05) is 38.6 Å². The number of aromatic nitrogens is 1. The first kappa shape index (κ1) is 24.4. The molecule has 1 aromatic heterocycles. The topological polar surface area (TPSA) is 87.6 Å². The van der Waals surface area contributed by atoms with Crippen LogP contribution in [0, 0.1) is 0 Å². The maximum Gasteiger partial charge on any atom is 0.407 e. The Morgan fingerprint density at radius 1 is 1.23 bits per heavy atom. The van der Waals surface area contributed by atoms with E-state index in [4.69, 9.17) is 4.74 Å². The second-order valence-corrected chi connectivity index (χ2v) is 6.58. The van der Waals surface area contributed by atoms with E-state index in [1.807, 2.05) is 40.0 Å². The molecule has 0 atom stereocenters. The van der Waals surface area contributed by atoms with Crippen LogP contribution >= 0.6 is 24.0 Å². The maximum absolute atomic E-state index is 11.5. The molecular formula is C18H32IN5O2. The summed E-state index contributed by atoms with van der Waals surface area (Å²) in [6.07, 6.45) is 4.89. The number of guanidine groups is 1. The molecule has 0 saturated carbocycles. The van der Waals surface area contributed by atoms with Crippen molar-refractivity contribution >= 4 is 36.0 Å². The van der Waals surface area contributed by atoms with Gasteiger partial charge in [0.15, 0.2) is 5.96 Å². The van der Waals surface area contributed by atoms with Gasteiger partial charge in [-0.1, -0.05) is 6.07 Å². The van der Waals surface area contributed by atoms with E-state index in [1.54, 1.807) is 6.20 Å². The molecule has 0 saturated heterocycles. The molecular weight excluding hydrogens is 445 g/mol. The van der Waals surface area contributed by atoms with Crippen molar-refractivity contribution in [3.05, 3.63) is 30.1 Å². The van der Waals surface area contributed by atoms with Gasteiger partial charge in [-0.2, -0.15) is 0 Å². The zero-order valence-electron chi connectivity index (χ0n) is 16.2. The van der Waals surface area contributed by atoms with E-state index in [0.29, 0.717) is 13.1 Å². The fourth-order valence-electron chi connectivity index (χ4n) is 1.99. The molecule has 8 heteroatoms. The summed E-state index contributed by atoms with van der Waals surface area (Å²) in [5.74, 6) is 0.781. The molecule has 7 nitrogen and oxygen atoms in total. The summed E-state index contributed by atoms with van der Waals surface area (Å²) in [5.41, 5.74) is 0.714. The molecule has 0 aliphatic heterocycles. The van der Waals surface area contributed by atoms with Crippen LogP contribution in [0.1, 0.15) is 39.7 Å². The van der Waals surface area contributed by atoms with Crippen LogP contribution in [0.25, 0.3) is 0 Å². The van der Waals surface area contributed by atoms with Crippen LogP contribution in [0.5, 0.6) is 0 Å². The van der Waals surface area contributed by atoms with Crippen molar-refractivity contribution in [3.63, 3.8) is 0 Å². The molecule has 3 N–H and O–H groups in total. The maximum atomic E-state index is 11.5. The van der Waals surface area contributed by atoms with Gasteiger partial charge < -0.3 is 20.7 Å². The number of rotatable bonds is 8. The van der Waals surface area contributed by atoms with E-state index in [1.165, 1.54) is 5.56 Å². The van der Waals surface area contributed by atoms with E-state index in [9.17, 15) is 4.79 Å². The lowest BCUT2D eigenvalue weighted by Gasteiger charge is -2.19. The van der Waals surface area contributed by atoms with E-state index >= 15 is 0 Å². The summed E-state index contributed by atoms with van der Waals surface area (Å²) < 4.78 is 5.18. The van der Waals surface area contributed by atoms with Crippen molar-refractivity contribution in [2.24, 2.45) is 4.99 Å². The first-order chi connectivity index (χ1) is 11.9. The summed E-state index contributed by atoms with van der Waals surface area (Å²) in [5, 5.41) is 9.24. The van der Waals surface area contributed by atoms with E-state index < -0.39 is 11.7 Å². The summed E-state index contributed by atoms with van der Waals surface area (Å²) in [4.78, 5) is 20.1. The Hall–Kier alpha value is -1.58. The van der Waals surface area contributed by atoms with Gasteiger partial charge in [0.05, 0.1) is 0 Å². The Kier molecular flexibility index (Phi) is 12.8. The van der Waals surface area contributed by atoms with Gasteiger partial charge in [-0.05, 0) is 52.2 Å². The largest absolute Gasteiger partial charge is 0.444 e. The zero-order chi connectivity index (χ0) is 18.5. The Morgan fingerprint density at radius 2 is 2.00 bits per heavy atom. The van der Waals surface area contributed by atoms with E-state index in [2.05, 4.69) is 32.0 Å². The molecule has 1 heterocycles. The van der Waals surface area contributed by atoms with Crippen LogP contribution in [-0.2, 0) is 11.2 Å². The van der Waals surface area contributed by atoms with Crippen LogP contribution in [0.3, 0.4) is 0 Å². The minimum absolute atomic E-state index is 0. The smallest absolute Gasteiger partial charge is 0.407 e. The fraction of sp³-hybridized carbons (Fsp3) is 0.611. The highest BCUT2D eigenvalue weighted by Gasteiger charge is 2.15. The van der Waals surface area contributed by atoms with Crippen LogP contribution in [0.4, 0.5) is 4.79 Å². The molecule has 0 aliphatic rings. The number of pyridine rings is 1. The zero-order valence-corrected chi connectivity index (χ0v) is 18.5. The van der Waals surface area contributed by atoms with Crippen LogP contribution in [-0.4, -0.2) is 48.8 Å². The number of carbonyl (C=O) groups excluding carboxylic acids is 1. The normalized spacial score (nSPS) is 11.3. The van der Waals surface area contributed by atoms with Crippen molar-refractivity contribution < 1.29 is 9.53 Å². The monoisotopic (exact) mass is 477 g/mol. The molecule has 148 valence electrons. The second kappa shape index (κ2) is 13.6. The summed E-state index contributed by atoms with van der Waals surface area (Å²) in [6.45, 7) is 10.3. The highest BCUT2D eigenvalue weighted by molar-refractivity contribution is 14.0. The van der Waals surface area contributed by atoms with E-state index in [0.717, 1.165) is 31.9 Å². The lowest BCUT2D eigenvalue weighted by Crippen LogP contribution is -2.38. The summed E-state index contributed by atoms with van der Waals surface area (Å²) >= 11 is 0. The van der Waals surface area contributed by atoms with Crippen molar-refractivity contribution in [2.45, 2.75) is 46.1 Å². The predicted octanol–water partition coefficient (Wildman–Crippen LogP) is 2.71. The molecule has 1 rings (SSSR count). The number of nitrogens with one attached hydrogen (secondary N) is 3. The standard InChI is InChI=1S/C18H31N5O2.HI/c1-5-20-16(22-13-9-15-8-6-10-19-14-15)21-11-7-12-23-17(24)25-18(2,3)4;/h6,8,10,14H,5,7,9,11-13H2,1-4H3,(H,23,24)(H2,20,21,22);1H. The Morgan fingerprint density at radius 3 is 2.62 bits per heavy atom. The van der Waals surface area contributed by atoms with Gasteiger partial charge >= 0.3 is 6.09 Å². The Labute approximate surface area is 173 Å². The second-order valence-electron chi connectivity index (χ2n) is 6.58. The molecule has 0 fully saturated rings. The molecule has 26 heavy (non-hydrogen) atoms. The lowest BCUT2D eigenvalue weighted by atomic mass is 10.2. The number of ether oxygens (including phenoxy) is 1. The van der Waals surface area contributed by atoms with Crippen molar-refractivity contribution in [3.8, 4) is 0 Å². The summed E-state index contributed by atoms with van der Waals surface area (Å²) in [6, 6.07) is 3.99. The molecule has 0 spiro atoms. The van der Waals surface area contributed by atoms with Crippen molar-refractivity contribution in [1.29, 1.82) is 0 Å². The summed E-state index contributed by atoms with van der Waals surface area (Å²) in [7, 11) is 0. The van der Waals surface area contributed by atoms with Crippen molar-refractivity contribution in [2.75, 3.05) is 26.2 Å². The number of hydrogen-bond acceptors (Lipinski definition) is 4. The molecule has 0 aliphatic carbocycles. The minimum atomic E-state index is -0.474. The molecule has 0 radical (unpaired) electrons. The van der Waals surface area contributed by atoms with Gasteiger partial charge in [-0.3, -0.25) is 9.98 Å². The average molecular weight is 477 g/mol. The highest BCUT2D eigenvalue weighted by Crippen LogP contribution is 2.06. The fourth-order valence-corrected chi connectivity index (χ4v) is 1.99. The molecule has 1 amide bonds.